The Balaban J connectivity index is 1.19. The Kier molecular flexibility index (Phi) is 6.50. The third-order valence-corrected chi connectivity index (χ3v) is 8.11. The Morgan fingerprint density at radius 2 is 1.54 bits per heavy atom. The van der Waals surface area contributed by atoms with E-state index in [1.54, 1.807) is 0 Å². The second-order valence-corrected chi connectivity index (χ2v) is 10.1. The van der Waals surface area contributed by atoms with Crippen molar-refractivity contribution in [1.29, 1.82) is 0 Å². The third kappa shape index (κ3) is 4.51. The maximum Gasteiger partial charge on any atom is 0.407 e. The second kappa shape index (κ2) is 9.72. The van der Waals surface area contributed by atoms with E-state index >= 15 is 0 Å². The average Bonchev–Trinajstić information content (AvgIpc) is 3.16. The molecule has 0 heterocycles. The number of aliphatic carboxylic acids is 1. The number of hydrogen-bond donors (Lipinski definition) is 3. The SMILES string of the molecule is O=C(NC1CCCCC1C(=O)NCC1(C(=O)O)CCC1)OCC1c2ccccc2-c2ccccc21. The summed E-state index contributed by atoms with van der Waals surface area (Å²) in [6.07, 6.45) is 4.74. The van der Waals surface area contributed by atoms with Crippen LogP contribution in [0.15, 0.2) is 48.5 Å². The van der Waals surface area contributed by atoms with Gasteiger partial charge in [-0.05, 0) is 47.9 Å². The molecule has 2 unspecified atom stereocenters. The quantitative estimate of drug-likeness (QED) is 0.547. The molecule has 0 spiro atoms. The fourth-order valence-corrected chi connectivity index (χ4v) is 5.87. The van der Waals surface area contributed by atoms with E-state index in [0.717, 1.165) is 30.4 Å². The first-order valence-electron chi connectivity index (χ1n) is 12.6. The molecule has 0 aromatic heterocycles. The molecule has 2 aromatic rings. The van der Waals surface area contributed by atoms with Gasteiger partial charge in [0.1, 0.15) is 6.61 Å². The molecule has 5 rings (SSSR count). The molecule has 2 saturated carbocycles. The summed E-state index contributed by atoms with van der Waals surface area (Å²) in [6, 6.07) is 16.1. The topological polar surface area (TPSA) is 105 Å². The van der Waals surface area contributed by atoms with Crippen LogP contribution in [-0.4, -0.2) is 42.3 Å². The smallest absolute Gasteiger partial charge is 0.407 e. The molecule has 2 fully saturated rings. The zero-order valence-electron chi connectivity index (χ0n) is 19.8. The summed E-state index contributed by atoms with van der Waals surface area (Å²) < 4.78 is 5.68. The number of rotatable bonds is 7. The highest BCUT2D eigenvalue weighted by atomic mass is 16.5. The van der Waals surface area contributed by atoms with Crippen molar-refractivity contribution in [2.45, 2.75) is 56.9 Å². The van der Waals surface area contributed by atoms with E-state index in [1.165, 1.54) is 11.1 Å². The van der Waals surface area contributed by atoms with Crippen LogP contribution in [0.3, 0.4) is 0 Å². The van der Waals surface area contributed by atoms with Crippen molar-refractivity contribution in [3.05, 3.63) is 59.7 Å². The van der Waals surface area contributed by atoms with Crippen LogP contribution in [0.25, 0.3) is 11.1 Å². The number of alkyl carbamates (subject to hydrolysis) is 1. The lowest BCUT2D eigenvalue weighted by molar-refractivity contribution is -0.154. The fraction of sp³-hybridized carbons (Fsp3) is 0.464. The van der Waals surface area contributed by atoms with E-state index in [9.17, 15) is 19.5 Å². The minimum Gasteiger partial charge on any atom is -0.481 e. The van der Waals surface area contributed by atoms with Crippen LogP contribution >= 0.6 is 0 Å². The summed E-state index contributed by atoms with van der Waals surface area (Å²) in [5.74, 6) is -1.43. The van der Waals surface area contributed by atoms with Crippen molar-refractivity contribution in [2.24, 2.45) is 11.3 Å². The van der Waals surface area contributed by atoms with Crippen LogP contribution in [0.5, 0.6) is 0 Å². The molecule has 184 valence electrons. The highest BCUT2D eigenvalue weighted by Crippen LogP contribution is 2.44. The summed E-state index contributed by atoms with van der Waals surface area (Å²) >= 11 is 0. The molecular weight excluding hydrogens is 444 g/mol. The molecule has 35 heavy (non-hydrogen) atoms. The minimum absolute atomic E-state index is 0.0201. The lowest BCUT2D eigenvalue weighted by Gasteiger charge is -2.38. The maximum atomic E-state index is 12.9. The Morgan fingerprint density at radius 1 is 0.914 bits per heavy atom. The average molecular weight is 477 g/mol. The molecule has 7 heteroatoms. The van der Waals surface area contributed by atoms with Crippen molar-refractivity contribution in [3.8, 4) is 11.1 Å². The lowest BCUT2D eigenvalue weighted by Crippen LogP contribution is -2.52. The standard InChI is InChI=1S/C28H32N2O5/c31-25(29-17-28(26(32)33)14-7-15-28)22-12-5-6-13-24(22)30-27(34)35-16-23-20-10-3-1-8-18(20)19-9-2-4-11-21(19)23/h1-4,8-11,22-24H,5-7,12-17H2,(H,29,31)(H,30,34)(H,32,33). The number of carbonyl (C=O) groups is 3. The Morgan fingerprint density at radius 3 is 2.14 bits per heavy atom. The number of benzene rings is 2. The summed E-state index contributed by atoms with van der Waals surface area (Å²) in [5, 5.41) is 15.3. The first kappa shape index (κ1) is 23.4. The predicted octanol–water partition coefficient (Wildman–Crippen LogP) is 4.46. The van der Waals surface area contributed by atoms with Gasteiger partial charge < -0.3 is 20.5 Å². The number of carbonyl (C=O) groups excluding carboxylic acids is 2. The predicted molar refractivity (Wildman–Crippen MR) is 131 cm³/mol. The van der Waals surface area contributed by atoms with Gasteiger partial charge in [-0.3, -0.25) is 9.59 Å². The largest absolute Gasteiger partial charge is 0.481 e. The molecule has 0 bridgehead atoms. The first-order valence-corrected chi connectivity index (χ1v) is 12.6. The molecule has 2 atom stereocenters. The van der Waals surface area contributed by atoms with E-state index in [0.29, 0.717) is 25.7 Å². The normalized spacial score (nSPS) is 22.3. The molecular formula is C28H32N2O5. The van der Waals surface area contributed by atoms with E-state index in [1.807, 2.05) is 24.3 Å². The van der Waals surface area contributed by atoms with Gasteiger partial charge in [0.2, 0.25) is 5.91 Å². The van der Waals surface area contributed by atoms with E-state index in [-0.39, 0.29) is 36.9 Å². The summed E-state index contributed by atoms with van der Waals surface area (Å²) in [4.78, 5) is 37.3. The number of carboxylic acid groups (broad SMARTS) is 1. The summed E-state index contributed by atoms with van der Waals surface area (Å²) in [5.41, 5.74) is 3.82. The monoisotopic (exact) mass is 476 g/mol. The molecule has 3 aliphatic carbocycles. The lowest BCUT2D eigenvalue weighted by atomic mass is 9.68. The summed E-state index contributed by atoms with van der Waals surface area (Å²) in [7, 11) is 0. The highest BCUT2D eigenvalue weighted by molar-refractivity contribution is 5.82. The first-order chi connectivity index (χ1) is 17.0. The molecule has 2 aromatic carbocycles. The van der Waals surface area contributed by atoms with Gasteiger partial charge in [-0.15, -0.1) is 0 Å². The van der Waals surface area contributed by atoms with Gasteiger partial charge in [0.15, 0.2) is 0 Å². The van der Waals surface area contributed by atoms with Crippen LogP contribution in [0.4, 0.5) is 4.79 Å². The van der Waals surface area contributed by atoms with Crippen LogP contribution in [0.2, 0.25) is 0 Å². The number of hydrogen-bond acceptors (Lipinski definition) is 4. The second-order valence-electron chi connectivity index (χ2n) is 10.1. The molecule has 3 aliphatic rings. The Labute approximate surface area is 205 Å². The molecule has 0 radical (unpaired) electrons. The van der Waals surface area contributed by atoms with Gasteiger partial charge >= 0.3 is 12.1 Å². The van der Waals surface area contributed by atoms with Gasteiger partial charge in [-0.1, -0.05) is 67.8 Å². The van der Waals surface area contributed by atoms with Gasteiger partial charge in [-0.25, -0.2) is 4.79 Å². The van der Waals surface area contributed by atoms with Gasteiger partial charge in [-0.2, -0.15) is 0 Å². The van der Waals surface area contributed by atoms with E-state index in [2.05, 4.69) is 34.9 Å². The van der Waals surface area contributed by atoms with Gasteiger partial charge in [0, 0.05) is 18.5 Å². The van der Waals surface area contributed by atoms with Crippen molar-refractivity contribution < 1.29 is 24.2 Å². The molecule has 0 aliphatic heterocycles. The number of fused-ring (bicyclic) bond motifs is 3. The zero-order chi connectivity index (χ0) is 24.4. The van der Waals surface area contributed by atoms with Crippen molar-refractivity contribution in [2.75, 3.05) is 13.2 Å². The third-order valence-electron chi connectivity index (χ3n) is 8.11. The molecule has 3 N–H and O–H groups in total. The Hall–Kier alpha value is -3.35. The van der Waals surface area contributed by atoms with Gasteiger partial charge in [0.05, 0.1) is 11.3 Å². The fourth-order valence-electron chi connectivity index (χ4n) is 5.87. The van der Waals surface area contributed by atoms with E-state index in [4.69, 9.17) is 4.74 Å². The minimum atomic E-state index is -0.846. The highest BCUT2D eigenvalue weighted by Gasteiger charge is 2.45. The van der Waals surface area contributed by atoms with Crippen LogP contribution in [0.1, 0.15) is 62.0 Å². The molecule has 0 saturated heterocycles. The van der Waals surface area contributed by atoms with Crippen molar-refractivity contribution >= 4 is 18.0 Å². The van der Waals surface area contributed by atoms with Gasteiger partial charge in [0.25, 0.3) is 0 Å². The summed E-state index contributed by atoms with van der Waals surface area (Å²) in [6.45, 7) is 0.375. The van der Waals surface area contributed by atoms with Crippen molar-refractivity contribution in [1.82, 2.24) is 10.6 Å². The van der Waals surface area contributed by atoms with Crippen LogP contribution in [0, 0.1) is 11.3 Å². The van der Waals surface area contributed by atoms with Crippen molar-refractivity contribution in [3.63, 3.8) is 0 Å². The van der Waals surface area contributed by atoms with E-state index < -0.39 is 17.5 Å². The Bertz CT molecular complexity index is 1080. The van der Waals surface area contributed by atoms with Crippen LogP contribution in [-0.2, 0) is 14.3 Å². The molecule has 7 nitrogen and oxygen atoms in total. The zero-order valence-corrected chi connectivity index (χ0v) is 19.8. The number of carboxylic acids is 1. The number of ether oxygens (including phenoxy) is 1. The number of nitrogens with one attached hydrogen (secondary N) is 2. The van der Waals surface area contributed by atoms with Crippen LogP contribution < -0.4 is 10.6 Å². The number of amides is 2. The molecule has 2 amide bonds. The maximum absolute atomic E-state index is 12.9.